The van der Waals surface area contributed by atoms with Crippen LogP contribution in [0.15, 0.2) is 6.20 Å². The Hall–Kier alpha value is -0.580. The van der Waals surface area contributed by atoms with Crippen molar-refractivity contribution in [3.63, 3.8) is 0 Å². The summed E-state index contributed by atoms with van der Waals surface area (Å²) in [5.74, 6) is 0. The summed E-state index contributed by atoms with van der Waals surface area (Å²) in [4.78, 5) is 0. The van der Waals surface area contributed by atoms with Crippen LogP contribution in [0.4, 0.5) is 0 Å². The molecular weight excluding hydrogens is 228 g/mol. The van der Waals surface area contributed by atoms with Gasteiger partial charge in [0.15, 0.2) is 0 Å². The molecule has 5 heteroatoms. The average Bonchev–Trinajstić information content (AvgIpc) is 2.60. The van der Waals surface area contributed by atoms with Crippen molar-refractivity contribution in [2.75, 3.05) is 6.61 Å². The number of ether oxygens (including phenoxy) is 1. The van der Waals surface area contributed by atoms with Crippen molar-refractivity contribution < 1.29 is 9.84 Å². The fraction of sp³-hybridized carbons (Fsp3) is 0.727. The van der Waals surface area contributed by atoms with Gasteiger partial charge in [-0.25, -0.2) is 0 Å². The Balaban J connectivity index is 1.99. The van der Waals surface area contributed by atoms with Crippen molar-refractivity contribution in [2.24, 2.45) is 7.05 Å². The molecule has 1 aliphatic rings. The zero-order valence-electron chi connectivity index (χ0n) is 9.40. The normalized spacial score (nSPS) is 23.3. The van der Waals surface area contributed by atoms with Crippen LogP contribution < -0.4 is 0 Å². The molecule has 0 bridgehead atoms. The summed E-state index contributed by atoms with van der Waals surface area (Å²) in [5.41, 5.74) is 0.677. The molecule has 0 aromatic carbocycles. The molecule has 90 valence electrons. The molecule has 0 saturated carbocycles. The van der Waals surface area contributed by atoms with E-state index in [0.717, 1.165) is 19.4 Å². The Morgan fingerprint density at radius 3 is 3.06 bits per heavy atom. The molecule has 2 heterocycles. The van der Waals surface area contributed by atoms with E-state index in [2.05, 4.69) is 5.10 Å². The minimum atomic E-state index is -0.594. The van der Waals surface area contributed by atoms with E-state index in [1.807, 2.05) is 0 Å². The van der Waals surface area contributed by atoms with Crippen LogP contribution in [-0.4, -0.2) is 27.6 Å². The van der Waals surface area contributed by atoms with Gasteiger partial charge in [0.05, 0.1) is 29.1 Å². The number of aliphatic hydroxyl groups is 1. The van der Waals surface area contributed by atoms with E-state index >= 15 is 0 Å². The van der Waals surface area contributed by atoms with Gasteiger partial charge in [-0.05, 0) is 19.3 Å². The predicted octanol–water partition coefficient (Wildman–Crippen LogP) is 2.07. The standard InChI is InChI=1S/C11H17ClN2O2/c1-14-11(9(12)7-13-14)10(15)6-8-4-2-3-5-16-8/h7-8,10,15H,2-6H2,1H3. The number of hydrogen-bond donors (Lipinski definition) is 1. The summed E-state index contributed by atoms with van der Waals surface area (Å²) in [6.07, 6.45) is 5.03. The Labute approximate surface area is 100 Å². The van der Waals surface area contributed by atoms with Crippen LogP contribution in [0.5, 0.6) is 0 Å². The molecular formula is C11H17ClN2O2. The second kappa shape index (κ2) is 5.17. The van der Waals surface area contributed by atoms with Crippen LogP contribution in [0.2, 0.25) is 5.02 Å². The van der Waals surface area contributed by atoms with Gasteiger partial charge in [-0.1, -0.05) is 11.6 Å². The quantitative estimate of drug-likeness (QED) is 0.886. The van der Waals surface area contributed by atoms with E-state index in [0.29, 0.717) is 17.1 Å². The van der Waals surface area contributed by atoms with Gasteiger partial charge in [-0.3, -0.25) is 4.68 Å². The molecule has 2 rings (SSSR count). The minimum absolute atomic E-state index is 0.148. The third kappa shape index (κ3) is 2.56. The molecule has 2 atom stereocenters. The van der Waals surface area contributed by atoms with Crippen molar-refractivity contribution in [2.45, 2.75) is 37.9 Å². The van der Waals surface area contributed by atoms with E-state index in [1.165, 1.54) is 6.42 Å². The number of halogens is 1. The zero-order valence-corrected chi connectivity index (χ0v) is 10.2. The predicted molar refractivity (Wildman–Crippen MR) is 61.4 cm³/mol. The lowest BCUT2D eigenvalue weighted by atomic mass is 10.0. The van der Waals surface area contributed by atoms with Crippen molar-refractivity contribution in [3.05, 3.63) is 16.9 Å². The first-order valence-electron chi connectivity index (χ1n) is 5.65. The van der Waals surface area contributed by atoms with Crippen molar-refractivity contribution in [1.29, 1.82) is 0 Å². The highest BCUT2D eigenvalue weighted by atomic mass is 35.5. The lowest BCUT2D eigenvalue weighted by molar-refractivity contribution is -0.0169. The second-order valence-electron chi connectivity index (χ2n) is 4.24. The largest absolute Gasteiger partial charge is 0.387 e. The second-order valence-corrected chi connectivity index (χ2v) is 4.65. The first-order chi connectivity index (χ1) is 7.68. The summed E-state index contributed by atoms with van der Waals surface area (Å²) in [7, 11) is 1.78. The molecule has 1 aromatic heterocycles. The summed E-state index contributed by atoms with van der Waals surface area (Å²) < 4.78 is 7.21. The topological polar surface area (TPSA) is 47.3 Å². The SMILES string of the molecule is Cn1ncc(Cl)c1C(O)CC1CCCCO1. The first-order valence-corrected chi connectivity index (χ1v) is 6.03. The number of nitrogens with zero attached hydrogens (tertiary/aromatic N) is 2. The van der Waals surface area contributed by atoms with Gasteiger partial charge in [-0.15, -0.1) is 0 Å². The zero-order chi connectivity index (χ0) is 11.5. The third-order valence-corrected chi connectivity index (χ3v) is 3.30. The Morgan fingerprint density at radius 2 is 2.50 bits per heavy atom. The first kappa shape index (κ1) is 11.9. The van der Waals surface area contributed by atoms with E-state index in [-0.39, 0.29) is 6.10 Å². The van der Waals surface area contributed by atoms with Crippen LogP contribution in [0.25, 0.3) is 0 Å². The van der Waals surface area contributed by atoms with Crippen LogP contribution in [-0.2, 0) is 11.8 Å². The van der Waals surface area contributed by atoms with Gasteiger partial charge in [-0.2, -0.15) is 5.10 Å². The molecule has 4 nitrogen and oxygen atoms in total. The summed E-state index contributed by atoms with van der Waals surface area (Å²) >= 11 is 5.97. The van der Waals surface area contributed by atoms with E-state index in [1.54, 1.807) is 17.9 Å². The number of aryl methyl sites for hydroxylation is 1. The van der Waals surface area contributed by atoms with Crippen LogP contribution in [0, 0.1) is 0 Å². The summed E-state index contributed by atoms with van der Waals surface area (Å²) in [5, 5.41) is 14.6. The average molecular weight is 245 g/mol. The van der Waals surface area contributed by atoms with Gasteiger partial charge in [0, 0.05) is 20.1 Å². The molecule has 1 N–H and O–H groups in total. The van der Waals surface area contributed by atoms with Crippen molar-refractivity contribution in [1.82, 2.24) is 9.78 Å². The maximum atomic E-state index is 10.1. The molecule has 0 radical (unpaired) electrons. The lowest BCUT2D eigenvalue weighted by Crippen LogP contribution is -2.22. The summed E-state index contributed by atoms with van der Waals surface area (Å²) in [6.45, 7) is 0.802. The van der Waals surface area contributed by atoms with Crippen LogP contribution in [0.3, 0.4) is 0 Å². The molecule has 1 saturated heterocycles. The minimum Gasteiger partial charge on any atom is -0.387 e. The molecule has 0 spiro atoms. The third-order valence-electron chi connectivity index (χ3n) is 3.01. The molecule has 1 fully saturated rings. The van der Waals surface area contributed by atoms with Gasteiger partial charge in [0.25, 0.3) is 0 Å². The highest BCUT2D eigenvalue weighted by molar-refractivity contribution is 6.31. The fourth-order valence-electron chi connectivity index (χ4n) is 2.15. The van der Waals surface area contributed by atoms with Crippen molar-refractivity contribution in [3.8, 4) is 0 Å². The maximum Gasteiger partial charge on any atom is 0.0996 e. The summed E-state index contributed by atoms with van der Waals surface area (Å²) in [6, 6.07) is 0. The molecule has 16 heavy (non-hydrogen) atoms. The number of aliphatic hydroxyl groups excluding tert-OH is 1. The molecule has 2 unspecified atom stereocenters. The van der Waals surface area contributed by atoms with Crippen LogP contribution >= 0.6 is 11.6 Å². The number of hydrogen-bond acceptors (Lipinski definition) is 3. The van der Waals surface area contributed by atoms with Gasteiger partial charge in [0.1, 0.15) is 0 Å². The Kier molecular flexibility index (Phi) is 3.84. The maximum absolute atomic E-state index is 10.1. The van der Waals surface area contributed by atoms with Gasteiger partial charge < -0.3 is 9.84 Å². The van der Waals surface area contributed by atoms with Crippen LogP contribution in [0.1, 0.15) is 37.5 Å². The Morgan fingerprint density at radius 1 is 1.69 bits per heavy atom. The molecule has 0 aliphatic carbocycles. The smallest absolute Gasteiger partial charge is 0.0996 e. The van der Waals surface area contributed by atoms with Gasteiger partial charge >= 0.3 is 0 Å². The van der Waals surface area contributed by atoms with Crippen molar-refractivity contribution >= 4 is 11.6 Å². The van der Waals surface area contributed by atoms with E-state index in [9.17, 15) is 5.11 Å². The lowest BCUT2D eigenvalue weighted by Gasteiger charge is -2.24. The molecule has 1 aliphatic heterocycles. The highest BCUT2D eigenvalue weighted by Crippen LogP contribution is 2.28. The molecule has 1 aromatic rings. The van der Waals surface area contributed by atoms with E-state index in [4.69, 9.17) is 16.3 Å². The van der Waals surface area contributed by atoms with E-state index < -0.39 is 6.10 Å². The monoisotopic (exact) mass is 244 g/mol. The molecule has 0 amide bonds. The number of aromatic nitrogens is 2. The van der Waals surface area contributed by atoms with Gasteiger partial charge in [0.2, 0.25) is 0 Å². The number of rotatable bonds is 3. The Bertz CT molecular complexity index is 328. The highest BCUT2D eigenvalue weighted by Gasteiger charge is 2.22. The fourth-order valence-corrected chi connectivity index (χ4v) is 2.44.